The van der Waals surface area contributed by atoms with Gasteiger partial charge in [-0.25, -0.2) is 0 Å². The van der Waals surface area contributed by atoms with Crippen molar-refractivity contribution >= 4 is 28.9 Å². The quantitative estimate of drug-likeness (QED) is 0.681. The van der Waals surface area contributed by atoms with Gasteiger partial charge in [0.25, 0.3) is 0 Å². The van der Waals surface area contributed by atoms with Crippen LogP contribution in [0, 0.1) is 4.77 Å². The van der Waals surface area contributed by atoms with E-state index >= 15 is 0 Å². The first-order valence-electron chi connectivity index (χ1n) is 4.06. The average molecular weight is 193 g/mol. The zero-order valence-electron chi connectivity index (χ0n) is 7.59. The van der Waals surface area contributed by atoms with Crippen LogP contribution in [0.4, 0.5) is 5.69 Å². The van der Waals surface area contributed by atoms with Gasteiger partial charge in [0.1, 0.15) is 0 Å². The summed E-state index contributed by atoms with van der Waals surface area (Å²) in [5, 5.41) is 0. The first-order chi connectivity index (χ1) is 6.16. The van der Waals surface area contributed by atoms with E-state index in [0.717, 1.165) is 16.7 Å². The first kappa shape index (κ1) is 8.31. The minimum atomic E-state index is 0.672. The molecule has 0 fully saturated rings. The molecule has 1 heterocycles. The van der Waals surface area contributed by atoms with Crippen molar-refractivity contribution in [3.63, 3.8) is 0 Å². The molecule has 0 radical (unpaired) electrons. The largest absolute Gasteiger partial charge is 0.378 e. The van der Waals surface area contributed by atoms with Gasteiger partial charge in [0, 0.05) is 19.8 Å². The molecule has 2 N–H and O–H groups in total. The molecule has 4 heteroatoms. The fourth-order valence-electron chi connectivity index (χ4n) is 1.30. The number of nitrogens with zero attached hydrogens (tertiary/aromatic N) is 1. The maximum atomic E-state index is 5.00. The van der Waals surface area contributed by atoms with E-state index in [9.17, 15) is 0 Å². The van der Waals surface area contributed by atoms with Crippen molar-refractivity contribution in [3.05, 3.63) is 23.0 Å². The minimum Gasteiger partial charge on any atom is -0.378 e. The van der Waals surface area contributed by atoms with Gasteiger partial charge in [-0.05, 0) is 30.4 Å². The number of hydrogen-bond acceptors (Lipinski definition) is 2. The summed E-state index contributed by atoms with van der Waals surface area (Å²) in [6, 6.07) is 6.15. The van der Waals surface area contributed by atoms with Crippen LogP contribution in [0.3, 0.4) is 0 Å². The Morgan fingerprint density at radius 1 is 1.15 bits per heavy atom. The van der Waals surface area contributed by atoms with E-state index in [-0.39, 0.29) is 0 Å². The number of imidazole rings is 1. The van der Waals surface area contributed by atoms with E-state index in [2.05, 4.69) is 27.0 Å². The van der Waals surface area contributed by atoms with Gasteiger partial charge >= 0.3 is 0 Å². The molecule has 0 aliphatic carbocycles. The van der Waals surface area contributed by atoms with E-state index in [0.29, 0.717) is 4.77 Å². The molecule has 3 nitrogen and oxygen atoms in total. The molecule has 1 aromatic carbocycles. The standard InChI is InChI=1S/C9H11N3S/c1-12(2)6-3-4-7-8(5-6)11-9(13)10-7/h3-5H,1-2H3,(H2,10,11,13). The molecule has 0 aliphatic rings. The number of benzene rings is 1. The third kappa shape index (κ3) is 1.45. The fraction of sp³-hybridized carbons (Fsp3) is 0.222. The summed E-state index contributed by atoms with van der Waals surface area (Å²) in [6.45, 7) is 0. The third-order valence-corrected chi connectivity index (χ3v) is 2.22. The second kappa shape index (κ2) is 2.88. The molecule has 2 aromatic rings. The molecule has 1 aromatic heterocycles. The number of rotatable bonds is 1. The Kier molecular flexibility index (Phi) is 1.84. The monoisotopic (exact) mass is 193 g/mol. The summed E-state index contributed by atoms with van der Waals surface area (Å²) in [6.07, 6.45) is 0. The van der Waals surface area contributed by atoms with Crippen LogP contribution in [0.15, 0.2) is 18.2 Å². The summed E-state index contributed by atoms with van der Waals surface area (Å²) in [5.74, 6) is 0. The summed E-state index contributed by atoms with van der Waals surface area (Å²) < 4.78 is 0.672. The number of H-pyrrole nitrogens is 2. The zero-order chi connectivity index (χ0) is 9.42. The number of aromatic amines is 2. The molecule has 13 heavy (non-hydrogen) atoms. The maximum Gasteiger partial charge on any atom is 0.175 e. The minimum absolute atomic E-state index is 0.672. The maximum absolute atomic E-state index is 5.00. The highest BCUT2D eigenvalue weighted by Crippen LogP contribution is 2.17. The molecule has 68 valence electrons. The predicted octanol–water partition coefficient (Wildman–Crippen LogP) is 2.29. The van der Waals surface area contributed by atoms with Gasteiger partial charge in [-0.15, -0.1) is 0 Å². The van der Waals surface area contributed by atoms with Crippen LogP contribution in [0.25, 0.3) is 11.0 Å². The van der Waals surface area contributed by atoms with Crippen LogP contribution in [-0.4, -0.2) is 24.1 Å². The lowest BCUT2D eigenvalue weighted by atomic mass is 10.2. The topological polar surface area (TPSA) is 34.8 Å². The molecule has 0 bridgehead atoms. The van der Waals surface area contributed by atoms with E-state index in [1.54, 1.807) is 0 Å². The molecule has 0 aliphatic heterocycles. The number of nitrogens with one attached hydrogen (secondary N) is 2. The van der Waals surface area contributed by atoms with Gasteiger partial charge in [-0.2, -0.15) is 0 Å². The lowest BCUT2D eigenvalue weighted by Crippen LogP contribution is -2.07. The van der Waals surface area contributed by atoms with Crippen molar-refractivity contribution < 1.29 is 0 Å². The van der Waals surface area contributed by atoms with E-state index in [4.69, 9.17) is 12.2 Å². The molecule has 0 unspecified atom stereocenters. The van der Waals surface area contributed by atoms with Gasteiger partial charge in [0.15, 0.2) is 4.77 Å². The number of aromatic nitrogens is 2. The van der Waals surface area contributed by atoms with Gasteiger partial charge in [0.2, 0.25) is 0 Å². The highest BCUT2D eigenvalue weighted by atomic mass is 32.1. The average Bonchev–Trinajstić information content (AvgIpc) is 2.42. The van der Waals surface area contributed by atoms with Gasteiger partial charge in [-0.1, -0.05) is 0 Å². The smallest absolute Gasteiger partial charge is 0.175 e. The molecule has 2 rings (SSSR count). The SMILES string of the molecule is CN(C)c1ccc2[nH]c(=S)[nH]c2c1. The highest BCUT2D eigenvalue weighted by molar-refractivity contribution is 7.71. The van der Waals surface area contributed by atoms with Crippen LogP contribution in [0.5, 0.6) is 0 Å². The number of hydrogen-bond donors (Lipinski definition) is 2. The number of fused-ring (bicyclic) bond motifs is 1. The molecular formula is C9H11N3S. The predicted molar refractivity (Wildman–Crippen MR) is 57.8 cm³/mol. The molecule has 0 amide bonds. The summed E-state index contributed by atoms with van der Waals surface area (Å²) >= 11 is 5.00. The van der Waals surface area contributed by atoms with Crippen molar-refractivity contribution in [1.82, 2.24) is 9.97 Å². The van der Waals surface area contributed by atoms with Gasteiger partial charge in [-0.3, -0.25) is 0 Å². The normalized spacial score (nSPS) is 10.6. The second-order valence-corrected chi connectivity index (χ2v) is 3.61. The van der Waals surface area contributed by atoms with Crippen LogP contribution in [-0.2, 0) is 0 Å². The Balaban J connectivity index is 2.68. The van der Waals surface area contributed by atoms with E-state index < -0.39 is 0 Å². The molecule has 0 saturated carbocycles. The van der Waals surface area contributed by atoms with Gasteiger partial charge in [0.05, 0.1) is 11.0 Å². The summed E-state index contributed by atoms with van der Waals surface area (Å²) in [4.78, 5) is 8.21. The zero-order valence-corrected chi connectivity index (χ0v) is 8.40. The Labute approximate surface area is 81.4 Å². The first-order valence-corrected chi connectivity index (χ1v) is 4.47. The van der Waals surface area contributed by atoms with E-state index in [1.165, 1.54) is 0 Å². The molecule has 0 saturated heterocycles. The highest BCUT2D eigenvalue weighted by Gasteiger charge is 1.98. The van der Waals surface area contributed by atoms with Crippen LogP contribution in [0.2, 0.25) is 0 Å². The lowest BCUT2D eigenvalue weighted by Gasteiger charge is -2.11. The van der Waals surface area contributed by atoms with Crippen molar-refractivity contribution in [2.24, 2.45) is 0 Å². The third-order valence-electron chi connectivity index (χ3n) is 2.02. The van der Waals surface area contributed by atoms with E-state index in [1.807, 2.05) is 20.2 Å². The van der Waals surface area contributed by atoms with Crippen molar-refractivity contribution in [2.45, 2.75) is 0 Å². The Bertz CT molecular complexity index is 481. The van der Waals surface area contributed by atoms with Crippen LogP contribution in [0.1, 0.15) is 0 Å². The lowest BCUT2D eigenvalue weighted by molar-refractivity contribution is 1.13. The van der Waals surface area contributed by atoms with Crippen LogP contribution >= 0.6 is 12.2 Å². The van der Waals surface area contributed by atoms with Crippen molar-refractivity contribution in [3.8, 4) is 0 Å². The second-order valence-electron chi connectivity index (χ2n) is 3.20. The molecule has 0 spiro atoms. The molecule has 0 atom stereocenters. The Morgan fingerprint density at radius 3 is 2.54 bits per heavy atom. The van der Waals surface area contributed by atoms with Crippen molar-refractivity contribution in [2.75, 3.05) is 19.0 Å². The number of anilines is 1. The van der Waals surface area contributed by atoms with Gasteiger partial charge < -0.3 is 14.9 Å². The van der Waals surface area contributed by atoms with Crippen molar-refractivity contribution in [1.29, 1.82) is 0 Å². The molecular weight excluding hydrogens is 182 g/mol. The summed E-state index contributed by atoms with van der Waals surface area (Å²) in [5.41, 5.74) is 3.27. The fourth-order valence-corrected chi connectivity index (χ4v) is 1.52. The Morgan fingerprint density at radius 2 is 1.85 bits per heavy atom. The van der Waals surface area contributed by atoms with Crippen LogP contribution < -0.4 is 4.90 Å². The Hall–Kier alpha value is -1.29. The summed E-state index contributed by atoms with van der Waals surface area (Å²) in [7, 11) is 4.03.